The van der Waals surface area contributed by atoms with Gasteiger partial charge in [0, 0.05) is 5.56 Å². The number of hydrogen-bond acceptors (Lipinski definition) is 2. The van der Waals surface area contributed by atoms with Gasteiger partial charge in [-0.3, -0.25) is 9.89 Å². The Bertz CT molecular complexity index is 499. The number of carbonyl (C=O) groups excluding carboxylic acids is 1. The first kappa shape index (κ1) is 11.6. The molecule has 0 fully saturated rings. The zero-order chi connectivity index (χ0) is 12.3. The van der Waals surface area contributed by atoms with E-state index >= 15 is 0 Å². The Labute approximate surface area is 101 Å². The molecule has 0 aliphatic rings. The summed E-state index contributed by atoms with van der Waals surface area (Å²) in [5.41, 5.74) is 3.71. The average molecular weight is 228 g/mol. The molecule has 0 bridgehead atoms. The van der Waals surface area contributed by atoms with Crippen molar-refractivity contribution in [1.29, 1.82) is 0 Å². The highest BCUT2D eigenvalue weighted by molar-refractivity contribution is 5.85. The molecule has 2 aromatic rings. The van der Waals surface area contributed by atoms with Gasteiger partial charge in [0.25, 0.3) is 0 Å². The summed E-state index contributed by atoms with van der Waals surface area (Å²) in [5.74, 6) is 0.566. The predicted octanol–water partition coefficient (Wildman–Crippen LogP) is 3.40. The van der Waals surface area contributed by atoms with E-state index in [1.54, 1.807) is 6.20 Å². The van der Waals surface area contributed by atoms with E-state index in [4.69, 9.17) is 0 Å². The molecule has 1 heterocycles. The second-order valence-electron chi connectivity index (χ2n) is 4.25. The van der Waals surface area contributed by atoms with E-state index in [9.17, 15) is 4.79 Å². The fourth-order valence-corrected chi connectivity index (χ4v) is 1.83. The number of carbonyl (C=O) groups is 1. The number of aromatic amines is 1. The Balaban J connectivity index is 2.32. The summed E-state index contributed by atoms with van der Waals surface area (Å²) in [6, 6.07) is 8.28. The first-order chi connectivity index (χ1) is 8.26. The maximum Gasteiger partial charge on any atom is 0.153 e. The van der Waals surface area contributed by atoms with Gasteiger partial charge in [-0.05, 0) is 17.9 Å². The maximum atomic E-state index is 10.8. The van der Waals surface area contributed by atoms with E-state index in [-0.39, 0.29) is 0 Å². The lowest BCUT2D eigenvalue weighted by molar-refractivity contribution is 0.112. The van der Waals surface area contributed by atoms with Crippen LogP contribution in [0.4, 0.5) is 0 Å². The van der Waals surface area contributed by atoms with E-state index in [0.29, 0.717) is 11.5 Å². The first-order valence-electron chi connectivity index (χ1n) is 5.85. The normalized spacial score (nSPS) is 12.4. The molecular formula is C14H16N2O. The Kier molecular flexibility index (Phi) is 3.38. The third kappa shape index (κ3) is 2.28. The van der Waals surface area contributed by atoms with E-state index < -0.39 is 0 Å². The van der Waals surface area contributed by atoms with Crippen LogP contribution in [-0.2, 0) is 0 Å². The van der Waals surface area contributed by atoms with Gasteiger partial charge in [0.1, 0.15) is 0 Å². The number of nitrogens with one attached hydrogen (secondary N) is 1. The molecule has 1 unspecified atom stereocenters. The predicted molar refractivity (Wildman–Crippen MR) is 68.1 cm³/mol. The van der Waals surface area contributed by atoms with Gasteiger partial charge in [-0.25, -0.2) is 0 Å². The Morgan fingerprint density at radius 3 is 2.65 bits per heavy atom. The van der Waals surface area contributed by atoms with E-state index in [1.807, 2.05) is 12.1 Å². The van der Waals surface area contributed by atoms with Crippen molar-refractivity contribution in [2.75, 3.05) is 0 Å². The van der Waals surface area contributed by atoms with Crippen molar-refractivity contribution in [2.45, 2.75) is 26.2 Å². The molecule has 0 amide bonds. The van der Waals surface area contributed by atoms with E-state index in [1.165, 1.54) is 5.56 Å². The zero-order valence-corrected chi connectivity index (χ0v) is 10.1. The average Bonchev–Trinajstić information content (AvgIpc) is 2.86. The van der Waals surface area contributed by atoms with Crippen LogP contribution in [0.15, 0.2) is 30.5 Å². The molecule has 1 aromatic heterocycles. The number of benzene rings is 1. The number of aldehydes is 1. The van der Waals surface area contributed by atoms with Gasteiger partial charge in [0.05, 0.1) is 17.5 Å². The topological polar surface area (TPSA) is 45.8 Å². The molecule has 0 aliphatic heterocycles. The highest BCUT2D eigenvalue weighted by Crippen LogP contribution is 2.24. The van der Waals surface area contributed by atoms with Crippen LogP contribution in [0.3, 0.4) is 0 Å². The molecule has 88 valence electrons. The fourth-order valence-electron chi connectivity index (χ4n) is 1.83. The van der Waals surface area contributed by atoms with E-state index in [2.05, 4.69) is 36.2 Å². The van der Waals surface area contributed by atoms with Crippen molar-refractivity contribution in [3.8, 4) is 11.3 Å². The first-order valence-corrected chi connectivity index (χ1v) is 5.85. The number of H-pyrrole nitrogens is 1. The van der Waals surface area contributed by atoms with Gasteiger partial charge >= 0.3 is 0 Å². The van der Waals surface area contributed by atoms with Crippen molar-refractivity contribution in [3.05, 3.63) is 41.6 Å². The maximum absolute atomic E-state index is 10.8. The molecular weight excluding hydrogens is 212 g/mol. The van der Waals surface area contributed by atoms with Crippen molar-refractivity contribution in [2.24, 2.45) is 0 Å². The Morgan fingerprint density at radius 2 is 2.06 bits per heavy atom. The molecule has 1 atom stereocenters. The summed E-state index contributed by atoms with van der Waals surface area (Å²) >= 11 is 0. The standard InChI is InChI=1S/C14H16N2O/c1-3-10(2)11-4-6-12(7-5-11)14-13(9-17)8-15-16-14/h4-10H,3H2,1-2H3,(H,15,16). The molecule has 0 spiro atoms. The second-order valence-corrected chi connectivity index (χ2v) is 4.25. The Hall–Kier alpha value is -1.90. The lowest BCUT2D eigenvalue weighted by atomic mass is 9.96. The molecule has 0 aliphatic carbocycles. The van der Waals surface area contributed by atoms with Crippen LogP contribution < -0.4 is 0 Å². The monoisotopic (exact) mass is 228 g/mol. The lowest BCUT2D eigenvalue weighted by Gasteiger charge is -2.09. The van der Waals surface area contributed by atoms with Crippen LogP contribution >= 0.6 is 0 Å². The minimum atomic E-state index is 0.566. The van der Waals surface area contributed by atoms with Crippen molar-refractivity contribution < 1.29 is 4.79 Å². The van der Waals surface area contributed by atoms with Gasteiger partial charge in [0.15, 0.2) is 6.29 Å². The van der Waals surface area contributed by atoms with Crippen LogP contribution in [0.5, 0.6) is 0 Å². The lowest BCUT2D eigenvalue weighted by Crippen LogP contribution is -1.91. The van der Waals surface area contributed by atoms with Crippen LogP contribution in [0.2, 0.25) is 0 Å². The van der Waals surface area contributed by atoms with Crippen molar-refractivity contribution in [1.82, 2.24) is 10.2 Å². The van der Waals surface area contributed by atoms with Crippen molar-refractivity contribution in [3.63, 3.8) is 0 Å². The summed E-state index contributed by atoms with van der Waals surface area (Å²) in [5, 5.41) is 6.74. The molecule has 1 aromatic carbocycles. The summed E-state index contributed by atoms with van der Waals surface area (Å²) in [6.45, 7) is 4.39. The number of aromatic nitrogens is 2. The number of rotatable bonds is 4. The van der Waals surface area contributed by atoms with Gasteiger partial charge in [-0.1, -0.05) is 38.1 Å². The third-order valence-electron chi connectivity index (χ3n) is 3.18. The van der Waals surface area contributed by atoms with Gasteiger partial charge in [0.2, 0.25) is 0 Å². The third-order valence-corrected chi connectivity index (χ3v) is 3.18. The zero-order valence-electron chi connectivity index (χ0n) is 10.1. The van der Waals surface area contributed by atoms with Crippen molar-refractivity contribution >= 4 is 6.29 Å². The van der Waals surface area contributed by atoms with Crippen LogP contribution in [-0.4, -0.2) is 16.5 Å². The SMILES string of the molecule is CCC(C)c1ccc(-c2[nH]ncc2C=O)cc1. The quantitative estimate of drug-likeness (QED) is 0.815. The summed E-state index contributed by atoms with van der Waals surface area (Å²) in [4.78, 5) is 10.8. The fraction of sp³-hybridized carbons (Fsp3) is 0.286. The van der Waals surface area contributed by atoms with Gasteiger partial charge in [-0.2, -0.15) is 5.10 Å². The summed E-state index contributed by atoms with van der Waals surface area (Å²) in [7, 11) is 0. The molecule has 1 N–H and O–H groups in total. The molecule has 0 radical (unpaired) electrons. The molecule has 0 saturated heterocycles. The molecule has 0 saturated carbocycles. The molecule has 17 heavy (non-hydrogen) atoms. The highest BCUT2D eigenvalue weighted by atomic mass is 16.1. The largest absolute Gasteiger partial charge is 0.298 e. The van der Waals surface area contributed by atoms with Crippen LogP contribution in [0.1, 0.15) is 42.1 Å². The molecule has 2 rings (SSSR count). The Morgan fingerprint density at radius 1 is 1.35 bits per heavy atom. The summed E-state index contributed by atoms with van der Waals surface area (Å²) in [6.07, 6.45) is 3.50. The van der Waals surface area contributed by atoms with Gasteiger partial charge < -0.3 is 0 Å². The highest BCUT2D eigenvalue weighted by Gasteiger charge is 2.08. The van der Waals surface area contributed by atoms with Gasteiger partial charge in [-0.15, -0.1) is 0 Å². The second kappa shape index (κ2) is 4.95. The van der Waals surface area contributed by atoms with Crippen LogP contribution in [0.25, 0.3) is 11.3 Å². The number of hydrogen-bond donors (Lipinski definition) is 1. The number of nitrogens with zero attached hydrogens (tertiary/aromatic N) is 1. The minimum Gasteiger partial charge on any atom is -0.298 e. The summed E-state index contributed by atoms with van der Waals surface area (Å²) < 4.78 is 0. The molecule has 3 nitrogen and oxygen atoms in total. The molecule has 3 heteroatoms. The smallest absolute Gasteiger partial charge is 0.153 e. The van der Waals surface area contributed by atoms with Crippen LogP contribution in [0, 0.1) is 0 Å². The minimum absolute atomic E-state index is 0.566. The van der Waals surface area contributed by atoms with E-state index in [0.717, 1.165) is 24.0 Å².